The Balaban J connectivity index is 1.70. The third-order valence-electron chi connectivity index (χ3n) is 5.27. The Hall–Kier alpha value is -4.19. The maximum Gasteiger partial charge on any atom is 0.256 e. The molecule has 3 aromatic carbocycles. The summed E-state index contributed by atoms with van der Waals surface area (Å²) in [5.74, 6) is 0.385. The molecule has 2 amide bonds. The molecule has 6 heteroatoms. The Kier molecular flexibility index (Phi) is 6.87. The van der Waals surface area contributed by atoms with Crippen molar-refractivity contribution in [3.8, 4) is 17.0 Å². The molecule has 0 spiro atoms. The molecule has 6 nitrogen and oxygen atoms in total. The van der Waals surface area contributed by atoms with E-state index in [-0.39, 0.29) is 11.8 Å². The van der Waals surface area contributed by atoms with Crippen molar-refractivity contribution in [2.45, 2.75) is 27.2 Å². The van der Waals surface area contributed by atoms with Crippen molar-refractivity contribution in [3.05, 3.63) is 83.9 Å². The van der Waals surface area contributed by atoms with E-state index in [2.05, 4.69) is 17.6 Å². The largest absolute Gasteiger partial charge is 0.494 e. The standard InChI is InChI=1S/C28H27N3O3/c1-4-14-34-23-11-9-20(10-12-23)27-17-25(24-15-18(2)8-13-26(24)31-27)28(33)30-22-7-5-6-21(16-22)29-19(3)32/h5-13,15-17H,4,14H2,1-3H3,(H,29,32)(H,30,33). The van der Waals surface area contributed by atoms with E-state index in [0.717, 1.165) is 34.2 Å². The first kappa shape index (κ1) is 23.0. The Morgan fingerprint density at radius 2 is 1.65 bits per heavy atom. The number of anilines is 2. The van der Waals surface area contributed by atoms with Gasteiger partial charge in [0.2, 0.25) is 5.91 Å². The fourth-order valence-electron chi connectivity index (χ4n) is 3.69. The van der Waals surface area contributed by atoms with Crippen LogP contribution in [0.1, 0.15) is 36.2 Å². The van der Waals surface area contributed by atoms with Gasteiger partial charge in [0, 0.05) is 29.2 Å². The van der Waals surface area contributed by atoms with Crippen LogP contribution in [0.4, 0.5) is 11.4 Å². The number of hydrogen-bond acceptors (Lipinski definition) is 4. The minimum absolute atomic E-state index is 0.171. The van der Waals surface area contributed by atoms with Gasteiger partial charge >= 0.3 is 0 Å². The fourth-order valence-corrected chi connectivity index (χ4v) is 3.69. The molecule has 0 saturated carbocycles. The van der Waals surface area contributed by atoms with Gasteiger partial charge < -0.3 is 15.4 Å². The minimum atomic E-state index is -0.248. The minimum Gasteiger partial charge on any atom is -0.494 e. The van der Waals surface area contributed by atoms with Gasteiger partial charge in [-0.05, 0) is 74.0 Å². The Morgan fingerprint density at radius 1 is 0.912 bits per heavy atom. The number of hydrogen-bond donors (Lipinski definition) is 2. The average Bonchev–Trinajstić information content (AvgIpc) is 2.82. The van der Waals surface area contributed by atoms with Gasteiger partial charge in [-0.2, -0.15) is 0 Å². The fraction of sp³-hybridized carbons (Fsp3) is 0.179. The van der Waals surface area contributed by atoms with E-state index in [1.807, 2.05) is 55.5 Å². The number of carbonyl (C=O) groups is 2. The lowest BCUT2D eigenvalue weighted by molar-refractivity contribution is -0.114. The van der Waals surface area contributed by atoms with Crippen molar-refractivity contribution in [1.29, 1.82) is 0 Å². The number of pyridine rings is 1. The van der Waals surface area contributed by atoms with Gasteiger partial charge in [-0.3, -0.25) is 9.59 Å². The molecule has 0 aliphatic heterocycles. The van der Waals surface area contributed by atoms with Crippen molar-refractivity contribution < 1.29 is 14.3 Å². The molecule has 1 aromatic heterocycles. The molecule has 0 aliphatic carbocycles. The van der Waals surface area contributed by atoms with E-state index in [1.54, 1.807) is 24.3 Å². The molecular formula is C28H27N3O3. The highest BCUT2D eigenvalue weighted by Gasteiger charge is 2.15. The summed E-state index contributed by atoms with van der Waals surface area (Å²) < 4.78 is 5.68. The van der Waals surface area contributed by atoms with E-state index in [4.69, 9.17) is 9.72 Å². The molecule has 0 aliphatic rings. The number of carbonyl (C=O) groups excluding carboxylic acids is 2. The number of rotatable bonds is 7. The number of nitrogens with one attached hydrogen (secondary N) is 2. The molecule has 1 heterocycles. The maximum absolute atomic E-state index is 13.4. The van der Waals surface area contributed by atoms with Gasteiger partial charge in [-0.1, -0.05) is 24.6 Å². The highest BCUT2D eigenvalue weighted by atomic mass is 16.5. The lowest BCUT2D eigenvalue weighted by Crippen LogP contribution is -2.14. The van der Waals surface area contributed by atoms with E-state index in [1.165, 1.54) is 6.92 Å². The molecular weight excluding hydrogens is 426 g/mol. The molecule has 0 saturated heterocycles. The van der Waals surface area contributed by atoms with Crippen molar-refractivity contribution in [2.75, 3.05) is 17.2 Å². The van der Waals surface area contributed by atoms with Crippen molar-refractivity contribution >= 4 is 34.1 Å². The first-order valence-corrected chi connectivity index (χ1v) is 11.3. The molecule has 0 fully saturated rings. The van der Waals surface area contributed by atoms with E-state index in [9.17, 15) is 9.59 Å². The van der Waals surface area contributed by atoms with Gasteiger partial charge in [0.05, 0.1) is 23.4 Å². The highest BCUT2D eigenvalue weighted by Crippen LogP contribution is 2.28. The summed E-state index contributed by atoms with van der Waals surface area (Å²) in [4.78, 5) is 29.6. The quantitative estimate of drug-likeness (QED) is 0.349. The Morgan fingerprint density at radius 3 is 2.35 bits per heavy atom. The summed E-state index contributed by atoms with van der Waals surface area (Å²) in [6, 6.07) is 22.5. The predicted molar refractivity (Wildman–Crippen MR) is 136 cm³/mol. The van der Waals surface area contributed by atoms with Gasteiger partial charge in [0.1, 0.15) is 5.75 Å². The summed E-state index contributed by atoms with van der Waals surface area (Å²) in [6.07, 6.45) is 0.944. The van der Waals surface area contributed by atoms with Gasteiger partial charge in [-0.15, -0.1) is 0 Å². The molecule has 0 unspecified atom stereocenters. The summed E-state index contributed by atoms with van der Waals surface area (Å²) in [6.45, 7) is 6.17. The number of nitrogens with zero attached hydrogens (tertiary/aromatic N) is 1. The Bertz CT molecular complexity index is 1350. The van der Waals surface area contributed by atoms with Crippen molar-refractivity contribution in [3.63, 3.8) is 0 Å². The van der Waals surface area contributed by atoms with Crippen LogP contribution in [0.5, 0.6) is 5.75 Å². The van der Waals surface area contributed by atoms with Crippen LogP contribution < -0.4 is 15.4 Å². The SMILES string of the molecule is CCCOc1ccc(-c2cc(C(=O)Nc3cccc(NC(C)=O)c3)c3cc(C)ccc3n2)cc1. The maximum atomic E-state index is 13.4. The number of amides is 2. The average molecular weight is 454 g/mol. The lowest BCUT2D eigenvalue weighted by atomic mass is 10.0. The summed E-state index contributed by atoms with van der Waals surface area (Å²) >= 11 is 0. The number of aromatic nitrogens is 1. The van der Waals surface area contributed by atoms with Crippen LogP contribution in [-0.4, -0.2) is 23.4 Å². The van der Waals surface area contributed by atoms with Crippen LogP contribution in [0.2, 0.25) is 0 Å². The second-order valence-corrected chi connectivity index (χ2v) is 8.16. The number of ether oxygens (including phenoxy) is 1. The van der Waals surface area contributed by atoms with Crippen LogP contribution in [0, 0.1) is 6.92 Å². The molecule has 34 heavy (non-hydrogen) atoms. The van der Waals surface area contributed by atoms with Crippen LogP contribution in [0.25, 0.3) is 22.2 Å². The lowest BCUT2D eigenvalue weighted by Gasteiger charge is -2.12. The zero-order valence-corrected chi connectivity index (χ0v) is 19.5. The molecule has 0 atom stereocenters. The molecule has 4 rings (SSSR count). The van der Waals surface area contributed by atoms with Crippen LogP contribution in [-0.2, 0) is 4.79 Å². The van der Waals surface area contributed by atoms with Crippen LogP contribution in [0.3, 0.4) is 0 Å². The molecule has 0 bridgehead atoms. The van der Waals surface area contributed by atoms with Gasteiger partial charge in [0.15, 0.2) is 0 Å². The number of aryl methyl sites for hydroxylation is 1. The zero-order chi connectivity index (χ0) is 24.1. The van der Waals surface area contributed by atoms with E-state index < -0.39 is 0 Å². The molecule has 2 N–H and O–H groups in total. The highest BCUT2D eigenvalue weighted by molar-refractivity contribution is 6.13. The van der Waals surface area contributed by atoms with Crippen LogP contribution >= 0.6 is 0 Å². The second-order valence-electron chi connectivity index (χ2n) is 8.16. The third-order valence-corrected chi connectivity index (χ3v) is 5.27. The monoisotopic (exact) mass is 453 g/mol. The zero-order valence-electron chi connectivity index (χ0n) is 19.5. The second kappa shape index (κ2) is 10.2. The van der Waals surface area contributed by atoms with Gasteiger partial charge in [0.25, 0.3) is 5.91 Å². The van der Waals surface area contributed by atoms with Gasteiger partial charge in [-0.25, -0.2) is 4.98 Å². The smallest absolute Gasteiger partial charge is 0.256 e. The molecule has 4 aromatic rings. The third kappa shape index (κ3) is 5.41. The first-order valence-electron chi connectivity index (χ1n) is 11.3. The molecule has 172 valence electrons. The van der Waals surface area contributed by atoms with E-state index >= 15 is 0 Å². The topological polar surface area (TPSA) is 80.3 Å². The predicted octanol–water partition coefficient (Wildman–Crippen LogP) is 6.21. The first-order chi connectivity index (χ1) is 16.4. The van der Waals surface area contributed by atoms with Crippen LogP contribution in [0.15, 0.2) is 72.8 Å². The molecule has 0 radical (unpaired) electrons. The van der Waals surface area contributed by atoms with Crippen molar-refractivity contribution in [1.82, 2.24) is 4.98 Å². The normalized spacial score (nSPS) is 10.7. The van der Waals surface area contributed by atoms with Crippen molar-refractivity contribution in [2.24, 2.45) is 0 Å². The Labute approximate surface area is 199 Å². The summed E-state index contributed by atoms with van der Waals surface area (Å²) in [7, 11) is 0. The summed E-state index contributed by atoms with van der Waals surface area (Å²) in [5.41, 5.74) is 5.12. The number of fused-ring (bicyclic) bond motifs is 1. The van der Waals surface area contributed by atoms with E-state index in [0.29, 0.717) is 29.2 Å². The summed E-state index contributed by atoms with van der Waals surface area (Å²) in [5, 5.41) is 6.47. The number of benzene rings is 3.